The number of benzene rings is 2. The van der Waals surface area contributed by atoms with Crippen LogP contribution in [0.4, 0.5) is 5.69 Å². The molecule has 0 aromatic heterocycles. The third-order valence-corrected chi connectivity index (χ3v) is 4.28. The Balaban J connectivity index is 1.70. The number of nitrogens with one attached hydrogen (secondary N) is 3. The van der Waals surface area contributed by atoms with Gasteiger partial charge in [0.1, 0.15) is 18.1 Å². The zero-order valence-electron chi connectivity index (χ0n) is 16.9. The molecule has 2 aromatic carbocycles. The average Bonchev–Trinajstić information content (AvgIpc) is 2.65. The largest absolute Gasteiger partial charge is 0.495 e. The summed E-state index contributed by atoms with van der Waals surface area (Å²) in [4.78, 5) is 25.0. The summed E-state index contributed by atoms with van der Waals surface area (Å²) in [7, 11) is 3.29. The molecule has 0 saturated carbocycles. The van der Waals surface area contributed by atoms with Gasteiger partial charge < -0.3 is 25.0 Å². The summed E-state index contributed by atoms with van der Waals surface area (Å²) in [6, 6.07) is 12.7. The van der Waals surface area contributed by atoms with Gasteiger partial charge >= 0.3 is 0 Å². The Hall–Kier alpha value is -2.77. The van der Waals surface area contributed by atoms with Gasteiger partial charge in [0.05, 0.1) is 26.4 Å². The zero-order chi connectivity index (χ0) is 21.2. The van der Waals surface area contributed by atoms with Gasteiger partial charge in [0.2, 0.25) is 0 Å². The molecule has 0 spiro atoms. The summed E-state index contributed by atoms with van der Waals surface area (Å²) in [6.45, 7) is 3.06. The number of hydrogen-bond donors (Lipinski definition) is 3. The van der Waals surface area contributed by atoms with Crippen molar-refractivity contribution in [3.8, 4) is 11.5 Å². The first kappa shape index (κ1) is 22.5. The van der Waals surface area contributed by atoms with Gasteiger partial charge in [0, 0.05) is 5.02 Å². The minimum atomic E-state index is -0.237. The van der Waals surface area contributed by atoms with Crippen LogP contribution in [0.2, 0.25) is 5.02 Å². The van der Waals surface area contributed by atoms with Crippen LogP contribution in [0.5, 0.6) is 11.5 Å². The van der Waals surface area contributed by atoms with Gasteiger partial charge in [-0.3, -0.25) is 9.59 Å². The van der Waals surface area contributed by atoms with E-state index in [0.717, 1.165) is 16.2 Å². The number of carbonyl (C=O) groups is 2. The highest BCUT2D eigenvalue weighted by Crippen LogP contribution is 2.27. The molecule has 1 unspecified atom stereocenters. The molecule has 0 bridgehead atoms. The van der Waals surface area contributed by atoms with Crippen LogP contribution in [0.15, 0.2) is 42.5 Å². The smallest absolute Gasteiger partial charge is 0.279 e. The molecule has 0 aliphatic carbocycles. The van der Waals surface area contributed by atoms with Crippen molar-refractivity contribution in [2.45, 2.75) is 6.92 Å². The molecule has 0 heterocycles. The van der Waals surface area contributed by atoms with Crippen LogP contribution in [-0.2, 0) is 9.59 Å². The van der Waals surface area contributed by atoms with E-state index in [1.807, 2.05) is 31.2 Å². The molecule has 0 saturated heterocycles. The van der Waals surface area contributed by atoms with Gasteiger partial charge in [-0.25, -0.2) is 0 Å². The fraction of sp³-hybridized carbons (Fsp3) is 0.333. The number of aryl methyl sites for hydroxylation is 1. The van der Waals surface area contributed by atoms with E-state index < -0.39 is 0 Å². The van der Waals surface area contributed by atoms with Gasteiger partial charge in [-0.15, -0.1) is 0 Å². The van der Waals surface area contributed by atoms with E-state index in [1.54, 1.807) is 25.2 Å². The molecule has 0 aliphatic rings. The van der Waals surface area contributed by atoms with Crippen molar-refractivity contribution in [1.29, 1.82) is 0 Å². The molecule has 29 heavy (non-hydrogen) atoms. The lowest BCUT2D eigenvalue weighted by atomic mass is 10.2. The predicted molar refractivity (Wildman–Crippen MR) is 113 cm³/mol. The minimum Gasteiger partial charge on any atom is -0.495 e. The third-order valence-electron chi connectivity index (χ3n) is 4.04. The molecule has 2 aromatic rings. The average molecular weight is 421 g/mol. The van der Waals surface area contributed by atoms with Crippen LogP contribution in [-0.4, -0.2) is 52.2 Å². The van der Waals surface area contributed by atoms with Crippen molar-refractivity contribution in [2.75, 3.05) is 45.7 Å². The second-order valence-corrected chi connectivity index (χ2v) is 7.15. The number of hydrogen-bond acceptors (Lipinski definition) is 4. The van der Waals surface area contributed by atoms with Gasteiger partial charge in [0.25, 0.3) is 11.8 Å². The van der Waals surface area contributed by atoms with Gasteiger partial charge in [0.15, 0.2) is 13.1 Å². The number of halogens is 1. The summed E-state index contributed by atoms with van der Waals surface area (Å²) < 4.78 is 10.8. The van der Waals surface area contributed by atoms with Crippen LogP contribution in [0, 0.1) is 6.92 Å². The molecule has 0 radical (unpaired) electrons. The highest BCUT2D eigenvalue weighted by molar-refractivity contribution is 6.31. The Kier molecular flexibility index (Phi) is 8.76. The van der Waals surface area contributed by atoms with E-state index in [9.17, 15) is 9.59 Å². The Morgan fingerprint density at radius 3 is 2.59 bits per heavy atom. The molecule has 2 rings (SSSR count). The number of carbonyl (C=O) groups excluding carboxylic acids is 2. The first-order chi connectivity index (χ1) is 13.9. The topological polar surface area (TPSA) is 81.1 Å². The van der Waals surface area contributed by atoms with Gasteiger partial charge in [-0.05, 0) is 42.8 Å². The standard InChI is InChI=1S/C21H26ClN3O4/c1-15-5-4-6-17(11-15)29-10-9-23-20(26)13-25(2)14-21(27)24-18-12-16(22)7-8-19(18)28-3/h4-8,11-12H,9-10,13-14H2,1-3H3,(H,23,26)(H,24,27)/p+1. The molecule has 2 amide bonds. The maximum atomic E-state index is 12.2. The Labute approximate surface area is 175 Å². The quantitative estimate of drug-likeness (QED) is 0.506. The fourth-order valence-corrected chi connectivity index (χ4v) is 2.88. The van der Waals surface area contributed by atoms with E-state index >= 15 is 0 Å². The van der Waals surface area contributed by atoms with Crippen LogP contribution < -0.4 is 25.0 Å². The van der Waals surface area contributed by atoms with E-state index in [1.165, 1.54) is 7.11 Å². The molecular weight excluding hydrogens is 394 g/mol. The number of quaternary nitrogens is 1. The second-order valence-electron chi connectivity index (χ2n) is 6.72. The predicted octanol–water partition coefficient (Wildman–Crippen LogP) is 1.31. The molecule has 8 heteroatoms. The fourth-order valence-electron chi connectivity index (χ4n) is 2.71. The van der Waals surface area contributed by atoms with Crippen LogP contribution in [0.1, 0.15) is 5.56 Å². The summed E-state index contributed by atoms with van der Waals surface area (Å²) in [5.41, 5.74) is 1.61. The molecule has 3 N–H and O–H groups in total. The third kappa shape index (κ3) is 8.01. The summed E-state index contributed by atoms with van der Waals surface area (Å²) in [5.74, 6) is 0.906. The molecule has 1 atom stereocenters. The summed E-state index contributed by atoms with van der Waals surface area (Å²) >= 11 is 5.96. The van der Waals surface area contributed by atoms with Crippen LogP contribution in [0.3, 0.4) is 0 Å². The molecule has 0 aliphatic heterocycles. The Bertz CT molecular complexity index is 844. The van der Waals surface area contributed by atoms with Crippen molar-refractivity contribution in [3.05, 3.63) is 53.1 Å². The Morgan fingerprint density at radius 1 is 1.10 bits per heavy atom. The maximum absolute atomic E-state index is 12.2. The Morgan fingerprint density at radius 2 is 1.86 bits per heavy atom. The highest BCUT2D eigenvalue weighted by Gasteiger charge is 2.15. The van der Waals surface area contributed by atoms with Crippen molar-refractivity contribution in [3.63, 3.8) is 0 Å². The lowest BCUT2D eigenvalue weighted by Crippen LogP contribution is -3.11. The van der Waals surface area contributed by atoms with Crippen molar-refractivity contribution < 1.29 is 24.0 Å². The first-order valence-corrected chi connectivity index (χ1v) is 9.66. The number of rotatable bonds is 10. The summed E-state index contributed by atoms with van der Waals surface area (Å²) in [6.07, 6.45) is 0. The monoisotopic (exact) mass is 420 g/mol. The van der Waals surface area contributed by atoms with Crippen molar-refractivity contribution in [2.24, 2.45) is 0 Å². The molecule has 0 fully saturated rings. The highest BCUT2D eigenvalue weighted by atomic mass is 35.5. The number of amides is 2. The van der Waals surface area contributed by atoms with E-state index in [4.69, 9.17) is 21.1 Å². The number of likely N-dealkylation sites (N-methyl/N-ethyl adjacent to an activating group) is 1. The van der Waals surface area contributed by atoms with E-state index in [0.29, 0.717) is 29.6 Å². The van der Waals surface area contributed by atoms with Crippen LogP contribution in [0.25, 0.3) is 0 Å². The summed E-state index contributed by atoms with van der Waals surface area (Å²) in [5, 5.41) is 6.05. The molecular formula is C21H27ClN3O4+. The van der Waals surface area contributed by atoms with E-state index in [2.05, 4.69) is 10.6 Å². The molecule has 156 valence electrons. The number of methoxy groups -OCH3 is 1. The lowest BCUT2D eigenvalue weighted by molar-refractivity contribution is -0.862. The minimum absolute atomic E-state index is 0.128. The lowest BCUT2D eigenvalue weighted by Gasteiger charge is -2.15. The van der Waals surface area contributed by atoms with Crippen molar-refractivity contribution >= 4 is 29.1 Å². The second kappa shape index (κ2) is 11.3. The van der Waals surface area contributed by atoms with Gasteiger partial charge in [-0.1, -0.05) is 23.7 Å². The number of ether oxygens (including phenoxy) is 2. The van der Waals surface area contributed by atoms with Crippen molar-refractivity contribution in [1.82, 2.24) is 5.32 Å². The van der Waals surface area contributed by atoms with Gasteiger partial charge in [-0.2, -0.15) is 0 Å². The van der Waals surface area contributed by atoms with E-state index in [-0.39, 0.29) is 24.9 Å². The maximum Gasteiger partial charge on any atom is 0.279 e. The SMILES string of the molecule is COc1ccc(Cl)cc1NC(=O)C[NH+](C)CC(=O)NCCOc1cccc(C)c1. The first-order valence-electron chi connectivity index (χ1n) is 9.28. The molecule has 7 nitrogen and oxygen atoms in total. The van der Waals surface area contributed by atoms with Crippen LogP contribution >= 0.6 is 11.6 Å². The zero-order valence-corrected chi connectivity index (χ0v) is 17.6. The normalized spacial score (nSPS) is 11.4. The number of anilines is 1.